The Morgan fingerprint density at radius 1 is 1.24 bits per heavy atom. The van der Waals surface area contributed by atoms with Gasteiger partial charge in [0.05, 0.1) is 11.6 Å². The van der Waals surface area contributed by atoms with E-state index in [9.17, 15) is 0 Å². The number of anilines is 2. The van der Waals surface area contributed by atoms with Crippen LogP contribution in [0.4, 0.5) is 11.6 Å². The van der Waals surface area contributed by atoms with Gasteiger partial charge in [0.2, 0.25) is 0 Å². The molecule has 0 saturated heterocycles. The van der Waals surface area contributed by atoms with Gasteiger partial charge in [0, 0.05) is 6.54 Å². The second-order valence-electron chi connectivity index (χ2n) is 3.51. The molecule has 0 spiro atoms. The summed E-state index contributed by atoms with van der Waals surface area (Å²) in [7, 11) is 0. The van der Waals surface area contributed by atoms with Crippen LogP contribution in [0, 0.1) is 11.3 Å². The number of hydrogen-bond acceptors (Lipinski definition) is 5. The highest BCUT2D eigenvalue weighted by molar-refractivity contribution is 5.40. The number of nitrogens with one attached hydrogen (secondary N) is 1. The number of nitrogens with zero attached hydrogens (tertiary/aromatic N) is 3. The summed E-state index contributed by atoms with van der Waals surface area (Å²) < 4.78 is 0. The molecule has 0 amide bonds. The highest BCUT2D eigenvalue weighted by Gasteiger charge is 1.97. The topological polar surface area (TPSA) is 87.6 Å². The molecule has 0 unspecified atom stereocenters. The van der Waals surface area contributed by atoms with Crippen molar-refractivity contribution in [1.82, 2.24) is 10.2 Å². The van der Waals surface area contributed by atoms with E-state index in [1.54, 1.807) is 18.2 Å². The molecule has 3 N–H and O–H groups in total. The molecular formula is C12H11N5. The molecule has 84 valence electrons. The molecule has 0 aliphatic heterocycles. The summed E-state index contributed by atoms with van der Waals surface area (Å²) in [5, 5.41) is 19.5. The summed E-state index contributed by atoms with van der Waals surface area (Å²) in [6, 6.07) is 12.9. The van der Waals surface area contributed by atoms with Crippen molar-refractivity contribution in [3.63, 3.8) is 0 Å². The summed E-state index contributed by atoms with van der Waals surface area (Å²) in [6.07, 6.45) is 0. The van der Waals surface area contributed by atoms with Crippen molar-refractivity contribution in [1.29, 1.82) is 5.26 Å². The molecule has 0 aliphatic rings. The molecule has 5 heteroatoms. The number of nitrogens with two attached hydrogens (primary N) is 1. The normalized spacial score (nSPS) is 9.59. The average molecular weight is 225 g/mol. The van der Waals surface area contributed by atoms with E-state index in [1.807, 2.05) is 18.2 Å². The van der Waals surface area contributed by atoms with E-state index in [0.717, 1.165) is 5.56 Å². The summed E-state index contributed by atoms with van der Waals surface area (Å²) in [6.45, 7) is 0.591. The summed E-state index contributed by atoms with van der Waals surface area (Å²) in [4.78, 5) is 0. The van der Waals surface area contributed by atoms with Crippen molar-refractivity contribution in [2.75, 3.05) is 11.1 Å². The predicted molar refractivity (Wildman–Crippen MR) is 64.9 cm³/mol. The van der Waals surface area contributed by atoms with E-state index in [1.165, 1.54) is 0 Å². The van der Waals surface area contributed by atoms with Crippen molar-refractivity contribution in [2.24, 2.45) is 0 Å². The molecule has 1 heterocycles. The summed E-state index contributed by atoms with van der Waals surface area (Å²) in [5.74, 6) is 1.04. The Kier molecular flexibility index (Phi) is 3.17. The second-order valence-corrected chi connectivity index (χ2v) is 3.51. The van der Waals surface area contributed by atoms with Crippen LogP contribution in [0.5, 0.6) is 0 Å². The summed E-state index contributed by atoms with van der Waals surface area (Å²) >= 11 is 0. The Hall–Kier alpha value is -2.61. The van der Waals surface area contributed by atoms with Gasteiger partial charge in [-0.2, -0.15) is 5.26 Å². The molecule has 0 bridgehead atoms. The monoisotopic (exact) mass is 225 g/mol. The molecule has 1 aromatic carbocycles. The van der Waals surface area contributed by atoms with Crippen LogP contribution in [0.15, 0.2) is 36.4 Å². The fourth-order valence-corrected chi connectivity index (χ4v) is 1.38. The molecular weight excluding hydrogens is 214 g/mol. The maximum Gasteiger partial charge on any atom is 0.149 e. The number of aromatic nitrogens is 2. The van der Waals surface area contributed by atoms with Crippen LogP contribution in [0.2, 0.25) is 0 Å². The number of nitrogen functional groups attached to an aromatic ring is 1. The highest BCUT2D eigenvalue weighted by atomic mass is 15.2. The minimum Gasteiger partial charge on any atom is -0.382 e. The van der Waals surface area contributed by atoms with Crippen LogP contribution >= 0.6 is 0 Å². The van der Waals surface area contributed by atoms with Crippen molar-refractivity contribution >= 4 is 11.6 Å². The minimum absolute atomic E-state index is 0.391. The van der Waals surface area contributed by atoms with E-state index in [0.29, 0.717) is 23.7 Å². The maximum atomic E-state index is 8.77. The van der Waals surface area contributed by atoms with E-state index in [4.69, 9.17) is 11.0 Å². The predicted octanol–water partition coefficient (Wildman–Crippen LogP) is 1.54. The number of benzene rings is 1. The Morgan fingerprint density at radius 3 is 2.82 bits per heavy atom. The molecule has 2 aromatic rings. The minimum atomic E-state index is 0.391. The lowest BCUT2D eigenvalue weighted by Crippen LogP contribution is -2.03. The van der Waals surface area contributed by atoms with E-state index >= 15 is 0 Å². The van der Waals surface area contributed by atoms with Crippen LogP contribution in [0.25, 0.3) is 0 Å². The van der Waals surface area contributed by atoms with Crippen molar-refractivity contribution < 1.29 is 0 Å². The Bertz CT molecular complexity index is 542. The molecule has 0 atom stereocenters. The Labute approximate surface area is 98.9 Å². The second kappa shape index (κ2) is 4.94. The van der Waals surface area contributed by atoms with Gasteiger partial charge < -0.3 is 11.1 Å². The largest absolute Gasteiger partial charge is 0.382 e. The quantitative estimate of drug-likeness (QED) is 0.827. The molecule has 1 aromatic heterocycles. The molecule has 0 fully saturated rings. The van der Waals surface area contributed by atoms with Gasteiger partial charge in [0.1, 0.15) is 11.6 Å². The SMILES string of the molecule is N#Cc1cccc(CNc2ccc(N)nn2)c1. The number of hydrogen-bond donors (Lipinski definition) is 2. The van der Waals surface area contributed by atoms with Crippen LogP contribution < -0.4 is 11.1 Å². The molecule has 0 saturated carbocycles. The van der Waals surface area contributed by atoms with Gasteiger partial charge >= 0.3 is 0 Å². The van der Waals surface area contributed by atoms with Crippen LogP contribution in [-0.2, 0) is 6.54 Å². The number of nitriles is 1. The number of rotatable bonds is 3. The van der Waals surface area contributed by atoms with Crippen molar-refractivity contribution in [3.05, 3.63) is 47.5 Å². The van der Waals surface area contributed by atoms with E-state index in [-0.39, 0.29) is 0 Å². The van der Waals surface area contributed by atoms with E-state index < -0.39 is 0 Å². The Balaban J connectivity index is 2.02. The first-order chi connectivity index (χ1) is 8.28. The third-order valence-electron chi connectivity index (χ3n) is 2.21. The van der Waals surface area contributed by atoms with Gasteiger partial charge in [0.25, 0.3) is 0 Å². The first kappa shape index (κ1) is 10.9. The lowest BCUT2D eigenvalue weighted by molar-refractivity contribution is 1.01. The van der Waals surface area contributed by atoms with E-state index in [2.05, 4.69) is 21.6 Å². The zero-order valence-electron chi connectivity index (χ0n) is 9.09. The highest BCUT2D eigenvalue weighted by Crippen LogP contribution is 2.08. The lowest BCUT2D eigenvalue weighted by Gasteiger charge is -2.05. The molecule has 0 radical (unpaired) electrons. The van der Waals surface area contributed by atoms with Crippen LogP contribution in [0.1, 0.15) is 11.1 Å². The van der Waals surface area contributed by atoms with Gasteiger partial charge in [0.15, 0.2) is 0 Å². The van der Waals surface area contributed by atoms with Crippen molar-refractivity contribution in [2.45, 2.75) is 6.54 Å². The molecule has 0 aliphatic carbocycles. The maximum absolute atomic E-state index is 8.77. The van der Waals surface area contributed by atoms with Gasteiger partial charge in [-0.25, -0.2) is 0 Å². The van der Waals surface area contributed by atoms with Crippen LogP contribution in [-0.4, -0.2) is 10.2 Å². The zero-order valence-corrected chi connectivity index (χ0v) is 9.09. The average Bonchev–Trinajstić information content (AvgIpc) is 2.38. The third kappa shape index (κ3) is 2.92. The van der Waals surface area contributed by atoms with Gasteiger partial charge in [-0.05, 0) is 29.8 Å². The van der Waals surface area contributed by atoms with Gasteiger partial charge in [-0.15, -0.1) is 10.2 Å². The standard InChI is InChI=1S/C12H11N5/c13-7-9-2-1-3-10(6-9)8-15-12-5-4-11(14)16-17-12/h1-6H,8H2,(H2,14,16)(H,15,17). The lowest BCUT2D eigenvalue weighted by atomic mass is 10.1. The van der Waals surface area contributed by atoms with Gasteiger partial charge in [-0.3, -0.25) is 0 Å². The first-order valence-corrected chi connectivity index (χ1v) is 5.10. The fraction of sp³-hybridized carbons (Fsp3) is 0.0833. The Morgan fingerprint density at radius 2 is 2.12 bits per heavy atom. The first-order valence-electron chi connectivity index (χ1n) is 5.10. The molecule has 5 nitrogen and oxygen atoms in total. The zero-order chi connectivity index (χ0) is 12.1. The summed E-state index contributed by atoms with van der Waals surface area (Å²) in [5.41, 5.74) is 7.10. The van der Waals surface area contributed by atoms with Crippen molar-refractivity contribution in [3.8, 4) is 6.07 Å². The van der Waals surface area contributed by atoms with Gasteiger partial charge in [-0.1, -0.05) is 12.1 Å². The third-order valence-corrected chi connectivity index (χ3v) is 2.21. The molecule has 17 heavy (non-hydrogen) atoms. The smallest absolute Gasteiger partial charge is 0.149 e. The molecule has 2 rings (SSSR count). The van der Waals surface area contributed by atoms with Crippen LogP contribution in [0.3, 0.4) is 0 Å². The fourth-order valence-electron chi connectivity index (χ4n) is 1.38.